The maximum Gasteiger partial charge on any atom is 0.185 e. The maximum atomic E-state index is 6.00. The molecular formula is C11H13ClN4. The molecule has 0 saturated heterocycles. The SMILES string of the molecule is Clc1ncnc2nn(C3CCCCC3)cc12. The summed E-state index contributed by atoms with van der Waals surface area (Å²) in [4.78, 5) is 8.10. The molecule has 1 aliphatic rings. The first-order valence-corrected chi connectivity index (χ1v) is 6.08. The van der Waals surface area contributed by atoms with Crippen molar-refractivity contribution in [1.29, 1.82) is 0 Å². The van der Waals surface area contributed by atoms with E-state index < -0.39 is 0 Å². The highest BCUT2D eigenvalue weighted by Crippen LogP contribution is 2.29. The molecule has 5 heteroatoms. The third-order valence-corrected chi connectivity index (χ3v) is 3.54. The predicted molar refractivity (Wildman–Crippen MR) is 62.5 cm³/mol. The Bertz CT molecular complexity index is 502. The number of nitrogens with zero attached hydrogens (tertiary/aromatic N) is 4. The number of halogens is 1. The Morgan fingerprint density at radius 2 is 2.00 bits per heavy atom. The summed E-state index contributed by atoms with van der Waals surface area (Å²) in [5.74, 6) is 0. The Kier molecular flexibility index (Phi) is 2.52. The lowest BCUT2D eigenvalue weighted by Gasteiger charge is -2.21. The highest BCUT2D eigenvalue weighted by molar-refractivity contribution is 6.33. The summed E-state index contributed by atoms with van der Waals surface area (Å²) < 4.78 is 2.02. The van der Waals surface area contributed by atoms with Crippen molar-refractivity contribution in [3.8, 4) is 0 Å². The molecule has 0 amide bonds. The largest absolute Gasteiger partial charge is 0.267 e. The van der Waals surface area contributed by atoms with Crippen molar-refractivity contribution in [3.63, 3.8) is 0 Å². The second-order valence-electron chi connectivity index (χ2n) is 4.30. The monoisotopic (exact) mass is 236 g/mol. The second kappa shape index (κ2) is 4.01. The van der Waals surface area contributed by atoms with Gasteiger partial charge in [-0.15, -0.1) is 0 Å². The van der Waals surface area contributed by atoms with E-state index in [0.29, 0.717) is 16.8 Å². The number of hydrogen-bond donors (Lipinski definition) is 0. The van der Waals surface area contributed by atoms with Crippen LogP contribution in [0.5, 0.6) is 0 Å². The molecule has 16 heavy (non-hydrogen) atoms. The summed E-state index contributed by atoms with van der Waals surface area (Å²) in [7, 11) is 0. The number of fused-ring (bicyclic) bond motifs is 1. The molecule has 0 unspecified atom stereocenters. The van der Waals surface area contributed by atoms with Crippen molar-refractivity contribution < 1.29 is 0 Å². The Labute approximate surface area is 98.6 Å². The van der Waals surface area contributed by atoms with E-state index in [1.54, 1.807) is 0 Å². The molecule has 0 N–H and O–H groups in total. The second-order valence-corrected chi connectivity index (χ2v) is 4.66. The van der Waals surface area contributed by atoms with Gasteiger partial charge in [-0.2, -0.15) is 5.10 Å². The zero-order valence-corrected chi connectivity index (χ0v) is 9.69. The van der Waals surface area contributed by atoms with E-state index in [2.05, 4.69) is 15.1 Å². The van der Waals surface area contributed by atoms with Crippen molar-refractivity contribution in [3.05, 3.63) is 17.7 Å². The molecule has 0 radical (unpaired) electrons. The first-order chi connectivity index (χ1) is 7.84. The van der Waals surface area contributed by atoms with E-state index >= 15 is 0 Å². The molecule has 1 aliphatic carbocycles. The van der Waals surface area contributed by atoms with Gasteiger partial charge < -0.3 is 0 Å². The van der Waals surface area contributed by atoms with Gasteiger partial charge in [0.1, 0.15) is 11.5 Å². The van der Waals surface area contributed by atoms with Crippen LogP contribution in [-0.4, -0.2) is 19.7 Å². The average molecular weight is 237 g/mol. The Hall–Kier alpha value is -1.16. The van der Waals surface area contributed by atoms with Crippen LogP contribution in [0, 0.1) is 0 Å². The van der Waals surface area contributed by atoms with Gasteiger partial charge in [-0.1, -0.05) is 30.9 Å². The van der Waals surface area contributed by atoms with Crippen molar-refractivity contribution in [2.24, 2.45) is 0 Å². The molecule has 0 bridgehead atoms. The zero-order chi connectivity index (χ0) is 11.0. The summed E-state index contributed by atoms with van der Waals surface area (Å²) in [6, 6.07) is 0.513. The van der Waals surface area contributed by atoms with Crippen LogP contribution in [0.1, 0.15) is 38.1 Å². The number of hydrogen-bond acceptors (Lipinski definition) is 3. The van der Waals surface area contributed by atoms with Gasteiger partial charge in [0.25, 0.3) is 0 Å². The van der Waals surface area contributed by atoms with Crippen LogP contribution in [0.15, 0.2) is 12.5 Å². The molecule has 0 atom stereocenters. The lowest BCUT2D eigenvalue weighted by Crippen LogP contribution is -2.12. The molecule has 0 aliphatic heterocycles. The van der Waals surface area contributed by atoms with Crippen molar-refractivity contribution in [2.45, 2.75) is 38.1 Å². The van der Waals surface area contributed by atoms with Crippen molar-refractivity contribution in [1.82, 2.24) is 19.7 Å². The topological polar surface area (TPSA) is 43.6 Å². The summed E-state index contributed by atoms with van der Waals surface area (Å²) in [6.07, 6.45) is 9.78. The maximum absolute atomic E-state index is 6.00. The summed E-state index contributed by atoms with van der Waals surface area (Å²) in [6.45, 7) is 0. The number of rotatable bonds is 1. The minimum atomic E-state index is 0.493. The minimum Gasteiger partial charge on any atom is -0.267 e. The van der Waals surface area contributed by atoms with Gasteiger partial charge in [-0.3, -0.25) is 4.68 Å². The Morgan fingerprint density at radius 1 is 1.19 bits per heavy atom. The lowest BCUT2D eigenvalue weighted by molar-refractivity contribution is 0.331. The first kappa shape index (κ1) is 10.0. The molecule has 4 nitrogen and oxygen atoms in total. The van der Waals surface area contributed by atoms with Gasteiger partial charge in [0.15, 0.2) is 5.65 Å². The van der Waals surface area contributed by atoms with Gasteiger partial charge in [-0.25, -0.2) is 9.97 Å². The van der Waals surface area contributed by atoms with Crippen LogP contribution >= 0.6 is 11.6 Å². The summed E-state index contributed by atoms with van der Waals surface area (Å²) in [5.41, 5.74) is 0.700. The molecule has 2 aromatic heterocycles. The summed E-state index contributed by atoms with van der Waals surface area (Å²) in [5, 5.41) is 5.83. The fraction of sp³-hybridized carbons (Fsp3) is 0.545. The van der Waals surface area contributed by atoms with E-state index in [1.807, 2.05) is 10.9 Å². The molecule has 3 rings (SSSR count). The molecule has 0 aromatic carbocycles. The average Bonchev–Trinajstić information content (AvgIpc) is 2.76. The molecular weight excluding hydrogens is 224 g/mol. The van der Waals surface area contributed by atoms with Gasteiger partial charge in [0, 0.05) is 6.20 Å². The van der Waals surface area contributed by atoms with Crippen LogP contribution in [0.4, 0.5) is 0 Å². The van der Waals surface area contributed by atoms with Gasteiger partial charge in [0.2, 0.25) is 0 Å². The van der Waals surface area contributed by atoms with E-state index in [9.17, 15) is 0 Å². The summed E-state index contributed by atoms with van der Waals surface area (Å²) >= 11 is 6.00. The molecule has 1 fully saturated rings. The standard InChI is InChI=1S/C11H13ClN4/c12-10-9-6-16(8-4-2-1-3-5-8)15-11(9)14-7-13-10/h6-8H,1-5H2. The normalized spacial score (nSPS) is 18.1. The quantitative estimate of drug-likeness (QED) is 0.715. The van der Waals surface area contributed by atoms with Gasteiger partial charge in [-0.05, 0) is 12.8 Å². The third kappa shape index (κ3) is 1.67. The smallest absolute Gasteiger partial charge is 0.185 e. The molecule has 0 spiro atoms. The molecule has 2 heterocycles. The molecule has 84 valence electrons. The lowest BCUT2D eigenvalue weighted by atomic mass is 9.96. The van der Waals surface area contributed by atoms with Crippen molar-refractivity contribution in [2.75, 3.05) is 0 Å². The molecule has 2 aromatic rings. The van der Waals surface area contributed by atoms with Crippen LogP contribution in [0.2, 0.25) is 5.15 Å². The fourth-order valence-electron chi connectivity index (χ4n) is 2.36. The van der Waals surface area contributed by atoms with Gasteiger partial charge in [0.05, 0.1) is 11.4 Å². The first-order valence-electron chi connectivity index (χ1n) is 5.70. The Balaban J connectivity index is 2.01. The van der Waals surface area contributed by atoms with Crippen LogP contribution in [0.25, 0.3) is 11.0 Å². The van der Waals surface area contributed by atoms with Crippen LogP contribution < -0.4 is 0 Å². The van der Waals surface area contributed by atoms with Crippen molar-refractivity contribution >= 4 is 22.6 Å². The van der Waals surface area contributed by atoms with E-state index in [4.69, 9.17) is 11.6 Å². The van der Waals surface area contributed by atoms with Crippen LogP contribution in [-0.2, 0) is 0 Å². The molecule has 1 saturated carbocycles. The van der Waals surface area contributed by atoms with Crippen LogP contribution in [0.3, 0.4) is 0 Å². The Morgan fingerprint density at radius 3 is 2.75 bits per heavy atom. The van der Waals surface area contributed by atoms with Gasteiger partial charge >= 0.3 is 0 Å². The zero-order valence-electron chi connectivity index (χ0n) is 8.93. The van der Waals surface area contributed by atoms with E-state index in [0.717, 1.165) is 5.39 Å². The van der Waals surface area contributed by atoms with E-state index in [1.165, 1.54) is 38.4 Å². The third-order valence-electron chi connectivity index (χ3n) is 3.23. The highest BCUT2D eigenvalue weighted by Gasteiger charge is 2.17. The highest BCUT2D eigenvalue weighted by atomic mass is 35.5. The minimum absolute atomic E-state index is 0.493. The fourth-order valence-corrected chi connectivity index (χ4v) is 2.54. The predicted octanol–water partition coefficient (Wildman–Crippen LogP) is 2.98. The number of aromatic nitrogens is 4. The van der Waals surface area contributed by atoms with E-state index in [-0.39, 0.29) is 0 Å².